The maximum absolute atomic E-state index is 11.7. The minimum Gasteiger partial charge on any atom is -0.468 e. The minimum atomic E-state index is -4.36. The van der Waals surface area contributed by atoms with Gasteiger partial charge in [0.05, 0.1) is 0 Å². The number of hydrogen-bond donors (Lipinski definition) is 1. The Morgan fingerprint density at radius 2 is 2.06 bits per heavy atom. The molecule has 0 atom stereocenters. The van der Waals surface area contributed by atoms with Crippen LogP contribution in [0.25, 0.3) is 0 Å². The van der Waals surface area contributed by atoms with E-state index in [2.05, 4.69) is 4.74 Å². The quantitative estimate of drug-likeness (QED) is 0.504. The first-order chi connectivity index (χ1) is 7.88. The predicted octanol–water partition coefficient (Wildman–Crippen LogP) is 2.24. The molecule has 0 bridgehead atoms. The first-order valence-corrected chi connectivity index (χ1v) is 4.96. The summed E-state index contributed by atoms with van der Waals surface area (Å²) in [4.78, 5) is 0.187. The van der Waals surface area contributed by atoms with Crippen molar-refractivity contribution in [1.82, 2.24) is 0 Å². The molecule has 0 fully saturated rings. The second-order valence-electron chi connectivity index (χ2n) is 3.12. The topological polar surface area (TPSA) is 44.5 Å². The van der Waals surface area contributed by atoms with Crippen molar-refractivity contribution < 1.29 is 22.6 Å². The van der Waals surface area contributed by atoms with E-state index in [4.69, 9.17) is 22.7 Å². The van der Waals surface area contributed by atoms with Gasteiger partial charge in [-0.3, -0.25) is 0 Å². The SMILES string of the molecule is NC(=S)c1cccc(OCOCC(F)(F)F)c1. The molecule has 0 heterocycles. The standard InChI is InChI=1S/C10H10F3NO2S/c11-10(12,13)5-15-6-16-8-3-1-2-7(4-8)9(14)17/h1-4H,5-6H2,(H2,14,17). The van der Waals surface area contributed by atoms with Crippen LogP contribution in [-0.4, -0.2) is 24.6 Å². The molecular formula is C10H10F3NO2S. The Morgan fingerprint density at radius 3 is 2.65 bits per heavy atom. The van der Waals surface area contributed by atoms with Crippen LogP contribution in [0.15, 0.2) is 24.3 Å². The largest absolute Gasteiger partial charge is 0.468 e. The van der Waals surface area contributed by atoms with E-state index in [1.807, 2.05) is 0 Å². The number of nitrogens with two attached hydrogens (primary N) is 1. The van der Waals surface area contributed by atoms with Gasteiger partial charge in [0.2, 0.25) is 0 Å². The van der Waals surface area contributed by atoms with Gasteiger partial charge in [-0.1, -0.05) is 24.4 Å². The number of thiocarbonyl (C=S) groups is 1. The normalized spacial score (nSPS) is 11.2. The highest BCUT2D eigenvalue weighted by Gasteiger charge is 2.27. The van der Waals surface area contributed by atoms with E-state index in [1.165, 1.54) is 6.07 Å². The highest BCUT2D eigenvalue weighted by atomic mass is 32.1. The van der Waals surface area contributed by atoms with E-state index in [-0.39, 0.29) is 4.99 Å². The second kappa shape index (κ2) is 5.83. The fraction of sp³-hybridized carbons (Fsp3) is 0.300. The van der Waals surface area contributed by atoms with Gasteiger partial charge in [-0.05, 0) is 12.1 Å². The van der Waals surface area contributed by atoms with Gasteiger partial charge in [-0.15, -0.1) is 0 Å². The summed E-state index contributed by atoms with van der Waals surface area (Å²) >= 11 is 4.75. The average Bonchev–Trinajstić information content (AvgIpc) is 2.23. The Labute approximate surface area is 101 Å². The van der Waals surface area contributed by atoms with E-state index >= 15 is 0 Å². The lowest BCUT2D eigenvalue weighted by Crippen LogP contribution is -2.19. The van der Waals surface area contributed by atoms with Gasteiger partial charge in [0.15, 0.2) is 6.79 Å². The summed E-state index contributed by atoms with van der Waals surface area (Å²) in [5, 5.41) is 0. The molecule has 1 rings (SSSR count). The van der Waals surface area contributed by atoms with Gasteiger partial charge in [-0.2, -0.15) is 13.2 Å². The van der Waals surface area contributed by atoms with E-state index in [1.54, 1.807) is 18.2 Å². The molecule has 0 aliphatic carbocycles. The Hall–Kier alpha value is -1.34. The van der Waals surface area contributed by atoms with Crippen LogP contribution in [0.4, 0.5) is 13.2 Å². The van der Waals surface area contributed by atoms with Crippen LogP contribution in [0, 0.1) is 0 Å². The van der Waals surface area contributed by atoms with Crippen molar-refractivity contribution in [3.8, 4) is 5.75 Å². The number of ether oxygens (including phenoxy) is 2. The van der Waals surface area contributed by atoms with Crippen molar-refractivity contribution in [3.05, 3.63) is 29.8 Å². The summed E-state index contributed by atoms with van der Waals surface area (Å²) in [6.45, 7) is -1.83. The number of halogens is 3. The molecule has 2 N–H and O–H groups in total. The molecule has 1 aromatic rings. The van der Waals surface area contributed by atoms with Crippen LogP contribution in [0.5, 0.6) is 5.75 Å². The van der Waals surface area contributed by atoms with E-state index in [9.17, 15) is 13.2 Å². The number of benzene rings is 1. The van der Waals surface area contributed by atoms with Crippen molar-refractivity contribution in [2.75, 3.05) is 13.4 Å². The highest BCUT2D eigenvalue weighted by Crippen LogP contribution is 2.16. The van der Waals surface area contributed by atoms with Crippen LogP contribution in [0.1, 0.15) is 5.56 Å². The Morgan fingerprint density at radius 1 is 1.35 bits per heavy atom. The molecule has 0 aliphatic rings. The van der Waals surface area contributed by atoms with Crippen molar-refractivity contribution in [1.29, 1.82) is 0 Å². The van der Waals surface area contributed by atoms with E-state index < -0.39 is 19.6 Å². The van der Waals surface area contributed by atoms with Gasteiger partial charge in [0, 0.05) is 5.56 Å². The lowest BCUT2D eigenvalue weighted by molar-refractivity contribution is -0.186. The zero-order valence-electron chi connectivity index (χ0n) is 8.66. The number of hydrogen-bond acceptors (Lipinski definition) is 3. The third-order valence-corrected chi connectivity index (χ3v) is 1.93. The van der Waals surface area contributed by atoms with Crippen molar-refractivity contribution in [2.45, 2.75) is 6.18 Å². The molecule has 17 heavy (non-hydrogen) atoms. The fourth-order valence-corrected chi connectivity index (χ4v) is 1.13. The first-order valence-electron chi connectivity index (χ1n) is 4.55. The third kappa shape index (κ3) is 5.50. The van der Waals surface area contributed by atoms with Gasteiger partial charge >= 0.3 is 6.18 Å². The Balaban J connectivity index is 2.42. The minimum absolute atomic E-state index is 0.187. The molecule has 0 unspecified atom stereocenters. The van der Waals surface area contributed by atoms with Gasteiger partial charge in [0.25, 0.3) is 0 Å². The summed E-state index contributed by atoms with van der Waals surface area (Å²) in [7, 11) is 0. The average molecular weight is 265 g/mol. The third-order valence-electron chi connectivity index (χ3n) is 1.69. The molecule has 94 valence electrons. The molecule has 0 radical (unpaired) electrons. The molecule has 0 saturated heterocycles. The molecule has 0 saturated carbocycles. The molecule has 3 nitrogen and oxygen atoms in total. The zero-order valence-corrected chi connectivity index (χ0v) is 9.48. The van der Waals surface area contributed by atoms with Crippen LogP contribution in [0.3, 0.4) is 0 Å². The molecule has 0 amide bonds. The molecular weight excluding hydrogens is 255 g/mol. The molecule has 0 aromatic heterocycles. The smallest absolute Gasteiger partial charge is 0.411 e. The van der Waals surface area contributed by atoms with Gasteiger partial charge in [0.1, 0.15) is 17.3 Å². The number of alkyl halides is 3. The Bertz CT molecular complexity index is 395. The zero-order chi connectivity index (χ0) is 12.9. The molecule has 7 heteroatoms. The second-order valence-corrected chi connectivity index (χ2v) is 3.56. The first kappa shape index (κ1) is 13.7. The maximum Gasteiger partial charge on any atom is 0.411 e. The van der Waals surface area contributed by atoms with Crippen molar-refractivity contribution in [2.24, 2.45) is 5.73 Å². The van der Waals surface area contributed by atoms with Gasteiger partial charge in [-0.25, -0.2) is 0 Å². The lowest BCUT2D eigenvalue weighted by Gasteiger charge is -2.09. The summed E-state index contributed by atoms with van der Waals surface area (Å²) in [6, 6.07) is 6.40. The van der Waals surface area contributed by atoms with Crippen LogP contribution >= 0.6 is 12.2 Å². The fourth-order valence-electron chi connectivity index (χ4n) is 1.01. The molecule has 0 spiro atoms. The highest BCUT2D eigenvalue weighted by molar-refractivity contribution is 7.80. The van der Waals surface area contributed by atoms with Crippen molar-refractivity contribution in [3.63, 3.8) is 0 Å². The lowest BCUT2D eigenvalue weighted by atomic mass is 10.2. The van der Waals surface area contributed by atoms with Crippen LogP contribution in [0.2, 0.25) is 0 Å². The molecule has 0 aliphatic heterocycles. The monoisotopic (exact) mass is 265 g/mol. The van der Waals surface area contributed by atoms with E-state index in [0.29, 0.717) is 11.3 Å². The Kier molecular flexibility index (Phi) is 4.71. The number of rotatable bonds is 5. The summed E-state index contributed by atoms with van der Waals surface area (Å²) < 4.78 is 44.5. The van der Waals surface area contributed by atoms with E-state index in [0.717, 1.165) is 0 Å². The van der Waals surface area contributed by atoms with Crippen LogP contribution in [-0.2, 0) is 4.74 Å². The van der Waals surface area contributed by atoms with Crippen LogP contribution < -0.4 is 10.5 Å². The summed E-state index contributed by atoms with van der Waals surface area (Å²) in [5.41, 5.74) is 5.97. The van der Waals surface area contributed by atoms with Crippen molar-refractivity contribution >= 4 is 17.2 Å². The summed E-state index contributed by atoms with van der Waals surface area (Å²) in [6.07, 6.45) is -4.36. The molecule has 1 aromatic carbocycles. The maximum atomic E-state index is 11.7. The van der Waals surface area contributed by atoms with Gasteiger partial charge < -0.3 is 15.2 Å². The summed E-state index contributed by atoms with van der Waals surface area (Å²) in [5.74, 6) is 0.345. The predicted molar refractivity (Wildman–Crippen MR) is 59.8 cm³/mol.